The standard InChI is InChI=1S/C22H22N4O2/c1-28-18-11-9-16(10-12-18)19-13-20(15-5-3-2-4-6-15)26-22(23-14-24-26)25(19)21(27)17-7-8-17/h2-6,9-12,14,17,19-20H,7-8,13H2,1H3/t19-,20+/m1/s1. The molecule has 0 N–H and O–H groups in total. The number of carbonyl (C=O) groups excluding carboxylic acids is 1. The van der Waals surface area contributed by atoms with Crippen molar-refractivity contribution in [2.24, 2.45) is 5.92 Å². The molecule has 0 saturated heterocycles. The molecule has 1 aromatic heterocycles. The van der Waals surface area contributed by atoms with Crippen LogP contribution in [-0.4, -0.2) is 27.8 Å². The van der Waals surface area contributed by atoms with Crippen LogP contribution in [0.15, 0.2) is 60.9 Å². The summed E-state index contributed by atoms with van der Waals surface area (Å²) in [6.07, 6.45) is 4.22. The molecule has 6 nitrogen and oxygen atoms in total. The lowest BCUT2D eigenvalue weighted by molar-refractivity contribution is -0.120. The van der Waals surface area contributed by atoms with Crippen molar-refractivity contribution in [2.45, 2.75) is 31.3 Å². The lowest BCUT2D eigenvalue weighted by atomic mass is 9.91. The zero-order valence-corrected chi connectivity index (χ0v) is 15.7. The molecule has 1 amide bonds. The van der Waals surface area contributed by atoms with Gasteiger partial charge in [0.25, 0.3) is 0 Å². The summed E-state index contributed by atoms with van der Waals surface area (Å²) in [4.78, 5) is 19.5. The predicted molar refractivity (Wildman–Crippen MR) is 105 cm³/mol. The van der Waals surface area contributed by atoms with E-state index in [0.29, 0.717) is 5.95 Å². The van der Waals surface area contributed by atoms with E-state index < -0.39 is 0 Å². The van der Waals surface area contributed by atoms with E-state index in [1.54, 1.807) is 13.4 Å². The van der Waals surface area contributed by atoms with Gasteiger partial charge in [-0.3, -0.25) is 9.69 Å². The highest BCUT2D eigenvalue weighted by Crippen LogP contribution is 2.44. The summed E-state index contributed by atoms with van der Waals surface area (Å²) in [7, 11) is 1.66. The van der Waals surface area contributed by atoms with Gasteiger partial charge in [0, 0.05) is 5.92 Å². The number of aromatic nitrogens is 3. The maximum Gasteiger partial charge on any atom is 0.233 e. The Bertz CT molecular complexity index is 979. The van der Waals surface area contributed by atoms with E-state index in [1.807, 2.05) is 52.0 Å². The van der Waals surface area contributed by atoms with Gasteiger partial charge in [0.1, 0.15) is 12.1 Å². The van der Waals surface area contributed by atoms with Gasteiger partial charge in [0.15, 0.2) is 0 Å². The first kappa shape index (κ1) is 17.0. The number of nitrogens with zero attached hydrogens (tertiary/aromatic N) is 4. The molecule has 0 bridgehead atoms. The number of rotatable bonds is 4. The molecule has 6 heteroatoms. The van der Waals surface area contributed by atoms with E-state index in [4.69, 9.17) is 4.74 Å². The first-order valence-electron chi connectivity index (χ1n) is 9.67. The molecular formula is C22H22N4O2. The molecule has 5 rings (SSSR count). The van der Waals surface area contributed by atoms with Gasteiger partial charge < -0.3 is 4.74 Å². The van der Waals surface area contributed by atoms with Crippen LogP contribution in [0.5, 0.6) is 5.75 Å². The SMILES string of the molecule is COc1ccc([C@H]2C[C@@H](c3ccccc3)n3ncnc3N2C(=O)C2CC2)cc1. The fraction of sp³-hybridized carbons (Fsp3) is 0.318. The Balaban J connectivity index is 1.61. The van der Waals surface area contributed by atoms with Gasteiger partial charge in [-0.05, 0) is 42.5 Å². The molecule has 1 fully saturated rings. The fourth-order valence-electron chi connectivity index (χ4n) is 4.04. The van der Waals surface area contributed by atoms with Crippen LogP contribution in [0.2, 0.25) is 0 Å². The third kappa shape index (κ3) is 2.85. The quantitative estimate of drug-likeness (QED) is 0.698. The summed E-state index contributed by atoms with van der Waals surface area (Å²) >= 11 is 0. The van der Waals surface area contributed by atoms with Crippen molar-refractivity contribution >= 4 is 11.9 Å². The molecule has 2 heterocycles. The van der Waals surface area contributed by atoms with Gasteiger partial charge in [0.05, 0.1) is 19.2 Å². The minimum atomic E-state index is -0.0825. The van der Waals surface area contributed by atoms with E-state index in [1.165, 1.54) is 5.56 Å². The molecule has 0 spiro atoms. The van der Waals surface area contributed by atoms with Gasteiger partial charge in [-0.1, -0.05) is 42.5 Å². The summed E-state index contributed by atoms with van der Waals surface area (Å²) in [5, 5.41) is 4.47. The van der Waals surface area contributed by atoms with Crippen LogP contribution in [0, 0.1) is 5.92 Å². The van der Waals surface area contributed by atoms with Crippen LogP contribution in [-0.2, 0) is 4.79 Å². The summed E-state index contributed by atoms with van der Waals surface area (Å²) in [5.74, 6) is 1.71. The first-order valence-corrected chi connectivity index (χ1v) is 9.67. The van der Waals surface area contributed by atoms with Crippen molar-refractivity contribution in [2.75, 3.05) is 12.0 Å². The number of anilines is 1. The summed E-state index contributed by atoms with van der Waals surface area (Å²) < 4.78 is 7.20. The van der Waals surface area contributed by atoms with Crippen molar-refractivity contribution in [1.29, 1.82) is 0 Å². The van der Waals surface area contributed by atoms with E-state index >= 15 is 0 Å². The number of amides is 1. The van der Waals surface area contributed by atoms with Crippen molar-refractivity contribution in [3.63, 3.8) is 0 Å². The Morgan fingerprint density at radius 1 is 1.00 bits per heavy atom. The number of hydrogen-bond acceptors (Lipinski definition) is 4. The second-order valence-electron chi connectivity index (χ2n) is 7.44. The maximum absolute atomic E-state index is 13.2. The maximum atomic E-state index is 13.2. The van der Waals surface area contributed by atoms with E-state index in [-0.39, 0.29) is 23.9 Å². The molecule has 28 heavy (non-hydrogen) atoms. The average Bonchev–Trinajstić information content (AvgIpc) is 3.49. The van der Waals surface area contributed by atoms with Crippen LogP contribution in [0.3, 0.4) is 0 Å². The largest absolute Gasteiger partial charge is 0.497 e. The molecule has 2 atom stereocenters. The lowest BCUT2D eigenvalue weighted by Gasteiger charge is -2.39. The Morgan fingerprint density at radius 3 is 2.39 bits per heavy atom. The van der Waals surface area contributed by atoms with E-state index in [9.17, 15) is 4.79 Å². The van der Waals surface area contributed by atoms with Gasteiger partial charge in [-0.15, -0.1) is 0 Å². The lowest BCUT2D eigenvalue weighted by Crippen LogP contribution is -2.43. The molecule has 1 saturated carbocycles. The van der Waals surface area contributed by atoms with Crippen molar-refractivity contribution in [1.82, 2.24) is 14.8 Å². The highest BCUT2D eigenvalue weighted by Gasteiger charge is 2.44. The fourth-order valence-corrected chi connectivity index (χ4v) is 4.04. The minimum absolute atomic E-state index is 0.0362. The third-order valence-electron chi connectivity index (χ3n) is 5.67. The Kier molecular flexibility index (Phi) is 4.11. The zero-order chi connectivity index (χ0) is 19.1. The zero-order valence-electron chi connectivity index (χ0n) is 15.7. The molecular weight excluding hydrogens is 352 g/mol. The second-order valence-corrected chi connectivity index (χ2v) is 7.44. The molecule has 1 aliphatic carbocycles. The second kappa shape index (κ2) is 6.78. The van der Waals surface area contributed by atoms with Crippen LogP contribution >= 0.6 is 0 Å². The highest BCUT2D eigenvalue weighted by molar-refractivity contribution is 5.96. The molecule has 2 aromatic carbocycles. The monoisotopic (exact) mass is 374 g/mol. The van der Waals surface area contributed by atoms with Gasteiger partial charge in [-0.2, -0.15) is 10.1 Å². The summed E-state index contributed by atoms with van der Waals surface area (Å²) in [6, 6.07) is 18.3. The molecule has 0 radical (unpaired) electrons. The Morgan fingerprint density at radius 2 is 1.71 bits per heavy atom. The number of ether oxygens (including phenoxy) is 1. The molecule has 2 aliphatic rings. The summed E-state index contributed by atoms with van der Waals surface area (Å²) in [5.41, 5.74) is 2.26. The number of hydrogen-bond donors (Lipinski definition) is 0. The van der Waals surface area contributed by atoms with Gasteiger partial charge >= 0.3 is 0 Å². The van der Waals surface area contributed by atoms with E-state index in [0.717, 1.165) is 30.6 Å². The van der Waals surface area contributed by atoms with Crippen LogP contribution < -0.4 is 9.64 Å². The van der Waals surface area contributed by atoms with Crippen molar-refractivity contribution in [3.8, 4) is 5.75 Å². The van der Waals surface area contributed by atoms with Gasteiger partial charge in [-0.25, -0.2) is 4.68 Å². The molecule has 1 aliphatic heterocycles. The number of carbonyl (C=O) groups is 1. The minimum Gasteiger partial charge on any atom is -0.497 e. The highest BCUT2D eigenvalue weighted by atomic mass is 16.5. The van der Waals surface area contributed by atoms with Crippen molar-refractivity contribution < 1.29 is 9.53 Å². The molecule has 3 aromatic rings. The van der Waals surface area contributed by atoms with Crippen LogP contribution in [0.1, 0.15) is 42.5 Å². The Labute approximate surface area is 163 Å². The predicted octanol–water partition coefficient (Wildman–Crippen LogP) is 3.76. The summed E-state index contributed by atoms with van der Waals surface area (Å²) in [6.45, 7) is 0. The smallest absolute Gasteiger partial charge is 0.233 e. The topological polar surface area (TPSA) is 60.2 Å². The Hall–Kier alpha value is -3.15. The number of fused-ring (bicyclic) bond motifs is 1. The third-order valence-corrected chi connectivity index (χ3v) is 5.67. The average molecular weight is 374 g/mol. The normalized spacial score (nSPS) is 21.2. The molecule has 142 valence electrons. The van der Waals surface area contributed by atoms with E-state index in [2.05, 4.69) is 22.2 Å². The molecule has 0 unspecified atom stereocenters. The number of methoxy groups -OCH3 is 1. The van der Waals surface area contributed by atoms with Crippen LogP contribution in [0.25, 0.3) is 0 Å². The van der Waals surface area contributed by atoms with Crippen LogP contribution in [0.4, 0.5) is 5.95 Å². The number of benzene rings is 2. The first-order chi connectivity index (χ1) is 13.8. The van der Waals surface area contributed by atoms with Crippen molar-refractivity contribution in [3.05, 3.63) is 72.1 Å². The van der Waals surface area contributed by atoms with Gasteiger partial charge in [0.2, 0.25) is 11.9 Å².